The van der Waals surface area contributed by atoms with Crippen molar-refractivity contribution < 1.29 is 0 Å². The molecule has 1 aliphatic heterocycles. The van der Waals surface area contributed by atoms with Gasteiger partial charge in [-0.15, -0.1) is 0 Å². The van der Waals surface area contributed by atoms with E-state index in [1.807, 2.05) is 0 Å². The number of rotatable bonds is 0. The predicted octanol–water partition coefficient (Wildman–Crippen LogP) is 5.99. The first-order valence-electron chi connectivity index (χ1n) is 9.67. The summed E-state index contributed by atoms with van der Waals surface area (Å²) in [4.78, 5) is 0. The minimum atomic E-state index is 0.660. The molecule has 3 heterocycles. The molecule has 25 heavy (non-hydrogen) atoms. The van der Waals surface area contributed by atoms with Crippen molar-refractivity contribution in [2.75, 3.05) is 0 Å². The molecular formula is C23H20N2. The van der Waals surface area contributed by atoms with Crippen LogP contribution in [0.25, 0.3) is 38.8 Å². The lowest BCUT2D eigenvalue weighted by atomic mass is 10.0. The summed E-state index contributed by atoms with van der Waals surface area (Å²) in [5.41, 5.74) is 7.52. The number of fused-ring (bicyclic) bond motifs is 10. The fraction of sp³-hybridized carbons (Fsp3) is 0.304. The molecule has 2 aliphatic carbocycles. The summed E-state index contributed by atoms with van der Waals surface area (Å²) < 4.78 is 5.46. The van der Waals surface area contributed by atoms with E-state index in [-0.39, 0.29) is 0 Å². The third-order valence-electron chi connectivity index (χ3n) is 6.92. The summed E-state index contributed by atoms with van der Waals surface area (Å²) in [7, 11) is 0. The van der Waals surface area contributed by atoms with E-state index < -0.39 is 0 Å². The van der Waals surface area contributed by atoms with Gasteiger partial charge in [0.2, 0.25) is 0 Å². The van der Waals surface area contributed by atoms with Gasteiger partial charge in [0, 0.05) is 45.0 Å². The molecule has 2 heteroatoms. The molecule has 2 nitrogen and oxygen atoms in total. The normalized spacial score (nSPS) is 23.8. The third kappa shape index (κ3) is 1.36. The SMILES string of the molecule is C1=Cc2c(n3c4c2ccc2c5ccccc5n(c24)C2CCC3C2)CC1. The van der Waals surface area contributed by atoms with Crippen LogP contribution in [-0.2, 0) is 6.42 Å². The smallest absolute Gasteiger partial charge is 0.0741 e. The van der Waals surface area contributed by atoms with Crippen LogP contribution in [0.5, 0.6) is 0 Å². The Bertz CT molecular complexity index is 1230. The van der Waals surface area contributed by atoms with E-state index in [0.717, 1.165) is 0 Å². The van der Waals surface area contributed by atoms with Gasteiger partial charge >= 0.3 is 0 Å². The van der Waals surface area contributed by atoms with E-state index >= 15 is 0 Å². The first-order valence-corrected chi connectivity index (χ1v) is 9.67. The van der Waals surface area contributed by atoms with Crippen LogP contribution in [0.1, 0.15) is 49.0 Å². The van der Waals surface area contributed by atoms with Crippen LogP contribution >= 0.6 is 0 Å². The Kier molecular flexibility index (Phi) is 2.15. The van der Waals surface area contributed by atoms with Gasteiger partial charge in [0.1, 0.15) is 0 Å². The fourth-order valence-electron chi connectivity index (χ4n) is 6.00. The minimum Gasteiger partial charge on any atom is -0.339 e. The molecule has 2 atom stereocenters. The Hall–Kier alpha value is -2.48. The van der Waals surface area contributed by atoms with Gasteiger partial charge in [-0.25, -0.2) is 0 Å². The summed E-state index contributed by atoms with van der Waals surface area (Å²) in [5.74, 6) is 0. The molecule has 0 spiro atoms. The molecule has 0 radical (unpaired) electrons. The Balaban J connectivity index is 1.82. The lowest BCUT2D eigenvalue weighted by molar-refractivity contribution is 0.489. The van der Waals surface area contributed by atoms with Crippen molar-refractivity contribution in [3.63, 3.8) is 0 Å². The lowest BCUT2D eigenvalue weighted by Crippen LogP contribution is -2.09. The number of hydrogen-bond acceptors (Lipinski definition) is 0. The number of hydrogen-bond donors (Lipinski definition) is 0. The molecule has 7 rings (SSSR count). The zero-order valence-electron chi connectivity index (χ0n) is 14.2. The maximum atomic E-state index is 2.76. The Morgan fingerprint density at radius 3 is 2.56 bits per heavy atom. The van der Waals surface area contributed by atoms with Gasteiger partial charge in [-0.1, -0.05) is 42.5 Å². The average Bonchev–Trinajstić information content (AvgIpc) is 3.29. The first-order chi connectivity index (χ1) is 12.4. The molecule has 1 saturated carbocycles. The molecule has 2 bridgehead atoms. The van der Waals surface area contributed by atoms with E-state index in [4.69, 9.17) is 0 Å². The maximum absolute atomic E-state index is 2.76. The highest BCUT2D eigenvalue weighted by Gasteiger charge is 2.36. The highest BCUT2D eigenvalue weighted by Crippen LogP contribution is 2.51. The van der Waals surface area contributed by atoms with Crippen molar-refractivity contribution in [2.24, 2.45) is 0 Å². The van der Waals surface area contributed by atoms with E-state index in [9.17, 15) is 0 Å². The lowest BCUT2D eigenvalue weighted by Gasteiger charge is -2.18. The van der Waals surface area contributed by atoms with Gasteiger partial charge in [-0.3, -0.25) is 0 Å². The van der Waals surface area contributed by atoms with Crippen LogP contribution in [0.15, 0.2) is 42.5 Å². The molecule has 122 valence electrons. The second kappa shape index (κ2) is 4.19. The zero-order valence-corrected chi connectivity index (χ0v) is 14.2. The van der Waals surface area contributed by atoms with E-state index in [1.165, 1.54) is 70.4 Å². The van der Waals surface area contributed by atoms with Crippen LogP contribution in [0.4, 0.5) is 0 Å². The topological polar surface area (TPSA) is 9.86 Å². The van der Waals surface area contributed by atoms with Crippen LogP contribution in [0.2, 0.25) is 0 Å². The minimum absolute atomic E-state index is 0.660. The van der Waals surface area contributed by atoms with Crippen molar-refractivity contribution in [1.29, 1.82) is 0 Å². The third-order valence-corrected chi connectivity index (χ3v) is 6.92. The molecule has 3 aliphatic rings. The summed E-state index contributed by atoms with van der Waals surface area (Å²) in [6.45, 7) is 0. The quantitative estimate of drug-likeness (QED) is 0.376. The van der Waals surface area contributed by atoms with Crippen LogP contribution in [0.3, 0.4) is 0 Å². The second-order valence-corrected chi connectivity index (χ2v) is 8.04. The van der Waals surface area contributed by atoms with Crippen molar-refractivity contribution in [2.45, 2.75) is 44.2 Å². The number of para-hydroxylation sites is 1. The number of aromatic nitrogens is 2. The van der Waals surface area contributed by atoms with Gasteiger partial charge < -0.3 is 9.13 Å². The fourth-order valence-corrected chi connectivity index (χ4v) is 6.00. The standard InChI is InChI=1S/C23H20N2/c1-3-7-20-16(5-1)18-11-12-19-17-6-2-4-8-21(17)25-15-10-9-14(13-15)24(20)22(18)23(19)25/h1-3,5-7,11-12,14-15H,4,8-10,13H2. The molecule has 2 unspecified atom stereocenters. The van der Waals surface area contributed by atoms with Crippen molar-refractivity contribution >= 4 is 38.8 Å². The van der Waals surface area contributed by atoms with Crippen molar-refractivity contribution in [3.05, 3.63) is 53.7 Å². The highest BCUT2D eigenvalue weighted by molar-refractivity contribution is 6.18. The zero-order chi connectivity index (χ0) is 16.1. The van der Waals surface area contributed by atoms with Gasteiger partial charge in [0.15, 0.2) is 0 Å². The van der Waals surface area contributed by atoms with Crippen LogP contribution in [-0.4, -0.2) is 9.13 Å². The summed E-state index contributed by atoms with van der Waals surface area (Å²) in [5, 5.41) is 4.33. The van der Waals surface area contributed by atoms with Gasteiger partial charge in [0.05, 0.1) is 11.0 Å². The van der Waals surface area contributed by atoms with Crippen molar-refractivity contribution in [3.8, 4) is 0 Å². The summed E-state index contributed by atoms with van der Waals surface area (Å²) >= 11 is 0. The van der Waals surface area contributed by atoms with Crippen LogP contribution in [0, 0.1) is 0 Å². The largest absolute Gasteiger partial charge is 0.339 e. The van der Waals surface area contributed by atoms with E-state index in [2.05, 4.69) is 57.7 Å². The van der Waals surface area contributed by atoms with Crippen molar-refractivity contribution in [1.82, 2.24) is 9.13 Å². The molecule has 0 saturated heterocycles. The Morgan fingerprint density at radius 1 is 0.800 bits per heavy atom. The Morgan fingerprint density at radius 2 is 1.60 bits per heavy atom. The average molecular weight is 324 g/mol. The number of nitrogens with zero attached hydrogens (tertiary/aromatic N) is 2. The predicted molar refractivity (Wildman–Crippen MR) is 104 cm³/mol. The van der Waals surface area contributed by atoms with Gasteiger partial charge in [-0.2, -0.15) is 0 Å². The number of allylic oxidation sites excluding steroid dienone is 1. The number of benzene rings is 2. The van der Waals surface area contributed by atoms with E-state index in [1.54, 1.807) is 5.69 Å². The molecule has 1 fully saturated rings. The summed E-state index contributed by atoms with van der Waals surface area (Å²) in [6.07, 6.45) is 11.1. The molecular weight excluding hydrogens is 304 g/mol. The van der Waals surface area contributed by atoms with E-state index in [0.29, 0.717) is 12.1 Å². The monoisotopic (exact) mass is 324 g/mol. The molecule has 0 N–H and O–H groups in total. The second-order valence-electron chi connectivity index (χ2n) is 8.04. The molecule has 0 amide bonds. The Labute approximate surface area is 146 Å². The molecule has 2 aromatic heterocycles. The molecule has 2 aromatic carbocycles. The molecule has 4 aromatic rings. The van der Waals surface area contributed by atoms with Gasteiger partial charge in [-0.05, 0) is 38.2 Å². The summed E-state index contributed by atoms with van der Waals surface area (Å²) in [6, 6.07) is 15.1. The van der Waals surface area contributed by atoms with Gasteiger partial charge in [0.25, 0.3) is 0 Å². The highest BCUT2D eigenvalue weighted by atomic mass is 15.1. The maximum Gasteiger partial charge on any atom is 0.0741 e. The van der Waals surface area contributed by atoms with Crippen LogP contribution < -0.4 is 0 Å². The first kappa shape index (κ1) is 12.8.